The lowest BCUT2D eigenvalue weighted by Crippen LogP contribution is -2.38. The van der Waals surface area contributed by atoms with Gasteiger partial charge in [0.25, 0.3) is 5.91 Å². The van der Waals surface area contributed by atoms with E-state index in [4.69, 9.17) is 16.3 Å². The summed E-state index contributed by atoms with van der Waals surface area (Å²) in [5.74, 6) is 0.410. The molecule has 0 unspecified atom stereocenters. The molecule has 2 aromatic carbocycles. The third kappa shape index (κ3) is 4.81. The fraction of sp³-hybridized carbons (Fsp3) is 0.450. The summed E-state index contributed by atoms with van der Waals surface area (Å²) in [6.45, 7) is 1.36. The molecule has 0 heterocycles. The number of hydrogen-bond acceptors (Lipinski definition) is 3. The maximum atomic E-state index is 12.6. The molecule has 142 valence electrons. The quantitative estimate of drug-likeness (QED) is 0.702. The highest BCUT2D eigenvalue weighted by Gasteiger charge is 2.18. The van der Waals surface area contributed by atoms with Gasteiger partial charge in [-0.05, 0) is 18.9 Å². The van der Waals surface area contributed by atoms with Gasteiger partial charge in [-0.25, -0.2) is 0 Å². The predicted molar refractivity (Wildman–Crippen MR) is 110 cm³/mol. The number of carbonyl (C=O) groups excluding carboxylic acids is 1. The third-order valence-corrected chi connectivity index (χ3v) is 5.15. The lowest BCUT2D eigenvalue weighted by Gasteiger charge is -2.22. The first-order chi connectivity index (χ1) is 12.2. The SMILES string of the molecule is COc1c(C(=O)NCCNC2CCCCC2)cc(Cl)c2ccccc12.Cl. The first kappa shape index (κ1) is 20.8. The molecule has 4 nitrogen and oxygen atoms in total. The van der Waals surface area contributed by atoms with Crippen LogP contribution in [-0.4, -0.2) is 32.1 Å². The van der Waals surface area contributed by atoms with Crippen LogP contribution in [0.3, 0.4) is 0 Å². The molecule has 1 aliphatic rings. The van der Waals surface area contributed by atoms with E-state index < -0.39 is 0 Å². The number of nitrogens with one attached hydrogen (secondary N) is 2. The van der Waals surface area contributed by atoms with Crippen LogP contribution in [0.15, 0.2) is 30.3 Å². The Morgan fingerprint density at radius 3 is 2.54 bits per heavy atom. The molecule has 1 saturated carbocycles. The maximum Gasteiger partial charge on any atom is 0.255 e. The Morgan fingerprint density at radius 1 is 1.15 bits per heavy atom. The molecule has 0 aliphatic heterocycles. The van der Waals surface area contributed by atoms with Crippen LogP contribution >= 0.6 is 24.0 Å². The summed E-state index contributed by atoms with van der Waals surface area (Å²) < 4.78 is 5.50. The van der Waals surface area contributed by atoms with Gasteiger partial charge in [0.1, 0.15) is 5.75 Å². The van der Waals surface area contributed by atoms with Crippen LogP contribution in [0.4, 0.5) is 0 Å². The zero-order chi connectivity index (χ0) is 17.6. The predicted octanol–water partition coefficient (Wildman–Crippen LogP) is 4.58. The molecule has 0 saturated heterocycles. The summed E-state index contributed by atoms with van der Waals surface area (Å²) in [6.07, 6.45) is 6.43. The van der Waals surface area contributed by atoms with Gasteiger partial charge in [-0.1, -0.05) is 55.1 Å². The van der Waals surface area contributed by atoms with Crippen molar-refractivity contribution >= 4 is 40.7 Å². The molecule has 6 heteroatoms. The average molecular weight is 397 g/mol. The van der Waals surface area contributed by atoms with Crippen molar-refractivity contribution < 1.29 is 9.53 Å². The zero-order valence-corrected chi connectivity index (χ0v) is 16.6. The van der Waals surface area contributed by atoms with Crippen LogP contribution in [-0.2, 0) is 0 Å². The number of carbonyl (C=O) groups is 1. The van der Waals surface area contributed by atoms with Gasteiger partial charge in [0.15, 0.2) is 0 Å². The smallest absolute Gasteiger partial charge is 0.255 e. The summed E-state index contributed by atoms with van der Waals surface area (Å²) in [7, 11) is 1.58. The molecular formula is C20H26Cl2N2O2. The Hall–Kier alpha value is -1.49. The highest BCUT2D eigenvalue weighted by atomic mass is 35.5. The summed E-state index contributed by atoms with van der Waals surface area (Å²) >= 11 is 6.35. The van der Waals surface area contributed by atoms with E-state index in [1.807, 2.05) is 24.3 Å². The normalized spacial score (nSPS) is 14.7. The minimum absolute atomic E-state index is 0. The van der Waals surface area contributed by atoms with Crippen LogP contribution in [0.1, 0.15) is 42.5 Å². The molecule has 0 radical (unpaired) electrons. The van der Waals surface area contributed by atoms with Gasteiger partial charge in [0.2, 0.25) is 0 Å². The van der Waals surface area contributed by atoms with Crippen LogP contribution in [0, 0.1) is 0 Å². The number of rotatable bonds is 6. The lowest BCUT2D eigenvalue weighted by atomic mass is 9.95. The monoisotopic (exact) mass is 396 g/mol. The van der Waals surface area contributed by atoms with E-state index in [9.17, 15) is 4.79 Å². The molecule has 3 rings (SSSR count). The molecule has 1 aliphatic carbocycles. The van der Waals surface area contributed by atoms with Gasteiger partial charge >= 0.3 is 0 Å². The van der Waals surface area contributed by atoms with Gasteiger partial charge < -0.3 is 15.4 Å². The molecule has 0 bridgehead atoms. The minimum atomic E-state index is -0.157. The molecule has 0 atom stereocenters. The number of amides is 1. The number of fused-ring (bicyclic) bond motifs is 1. The summed E-state index contributed by atoms with van der Waals surface area (Å²) in [6, 6.07) is 9.96. The summed E-state index contributed by atoms with van der Waals surface area (Å²) in [5.41, 5.74) is 0.476. The topological polar surface area (TPSA) is 50.4 Å². The van der Waals surface area contributed by atoms with E-state index in [0.29, 0.717) is 28.9 Å². The van der Waals surface area contributed by atoms with Crippen molar-refractivity contribution in [3.63, 3.8) is 0 Å². The number of benzene rings is 2. The first-order valence-corrected chi connectivity index (χ1v) is 9.35. The standard InChI is InChI=1S/C20H25ClN2O2.ClH/c1-25-19-16-10-6-5-9-15(16)18(21)13-17(19)20(24)23-12-11-22-14-7-3-2-4-8-14;/h5-6,9-10,13-14,22H,2-4,7-8,11-12H2,1H3,(H,23,24);1H. The van der Waals surface area contributed by atoms with Gasteiger partial charge in [-0.3, -0.25) is 4.79 Å². The molecule has 1 amide bonds. The number of hydrogen-bond donors (Lipinski definition) is 2. The number of ether oxygens (including phenoxy) is 1. The fourth-order valence-corrected chi connectivity index (χ4v) is 3.82. The molecule has 2 aromatic rings. The molecule has 0 spiro atoms. The van der Waals surface area contributed by atoms with Crippen molar-refractivity contribution in [3.8, 4) is 5.75 Å². The van der Waals surface area contributed by atoms with Crippen LogP contribution in [0.5, 0.6) is 5.75 Å². The first-order valence-electron chi connectivity index (χ1n) is 8.97. The Bertz CT molecular complexity index is 746. The average Bonchev–Trinajstić information content (AvgIpc) is 2.66. The minimum Gasteiger partial charge on any atom is -0.495 e. The van der Waals surface area contributed by atoms with E-state index in [1.54, 1.807) is 13.2 Å². The van der Waals surface area contributed by atoms with Crippen molar-refractivity contribution in [1.82, 2.24) is 10.6 Å². The second-order valence-electron chi connectivity index (χ2n) is 6.53. The van der Waals surface area contributed by atoms with E-state index in [1.165, 1.54) is 32.1 Å². The van der Waals surface area contributed by atoms with Crippen LogP contribution in [0.2, 0.25) is 5.02 Å². The van der Waals surface area contributed by atoms with E-state index in [2.05, 4.69) is 10.6 Å². The van der Waals surface area contributed by atoms with Crippen molar-refractivity contribution in [2.75, 3.05) is 20.2 Å². The van der Waals surface area contributed by atoms with Gasteiger partial charge in [-0.2, -0.15) is 0 Å². The largest absolute Gasteiger partial charge is 0.495 e. The van der Waals surface area contributed by atoms with Crippen molar-refractivity contribution in [2.24, 2.45) is 0 Å². The van der Waals surface area contributed by atoms with E-state index >= 15 is 0 Å². The highest BCUT2D eigenvalue weighted by Crippen LogP contribution is 2.34. The number of methoxy groups -OCH3 is 1. The maximum absolute atomic E-state index is 12.6. The van der Waals surface area contributed by atoms with Gasteiger partial charge in [0, 0.05) is 34.9 Å². The molecule has 26 heavy (non-hydrogen) atoms. The Balaban J connectivity index is 0.00000243. The Labute approximate surface area is 166 Å². The summed E-state index contributed by atoms with van der Waals surface area (Å²) in [4.78, 5) is 12.6. The second-order valence-corrected chi connectivity index (χ2v) is 6.94. The molecule has 2 N–H and O–H groups in total. The Morgan fingerprint density at radius 2 is 1.85 bits per heavy atom. The fourth-order valence-electron chi connectivity index (χ4n) is 3.55. The molecule has 0 aromatic heterocycles. The van der Waals surface area contributed by atoms with Crippen LogP contribution < -0.4 is 15.4 Å². The zero-order valence-electron chi connectivity index (χ0n) is 15.0. The van der Waals surface area contributed by atoms with E-state index in [0.717, 1.165) is 17.3 Å². The van der Waals surface area contributed by atoms with Gasteiger partial charge in [0.05, 0.1) is 12.7 Å². The Kier molecular flexibility index (Phi) is 8.01. The molecule has 1 fully saturated rings. The molecular weight excluding hydrogens is 371 g/mol. The second kappa shape index (κ2) is 10.0. The number of halogens is 2. The van der Waals surface area contributed by atoms with Crippen molar-refractivity contribution in [3.05, 3.63) is 40.9 Å². The third-order valence-electron chi connectivity index (χ3n) is 4.84. The van der Waals surface area contributed by atoms with Crippen molar-refractivity contribution in [2.45, 2.75) is 38.1 Å². The van der Waals surface area contributed by atoms with Gasteiger partial charge in [-0.15, -0.1) is 12.4 Å². The van der Waals surface area contributed by atoms with E-state index in [-0.39, 0.29) is 18.3 Å². The summed E-state index contributed by atoms with van der Waals surface area (Å²) in [5, 5.41) is 8.78. The van der Waals surface area contributed by atoms with Crippen LogP contribution in [0.25, 0.3) is 10.8 Å². The lowest BCUT2D eigenvalue weighted by molar-refractivity contribution is 0.0950. The highest BCUT2D eigenvalue weighted by molar-refractivity contribution is 6.36. The van der Waals surface area contributed by atoms with Crippen molar-refractivity contribution in [1.29, 1.82) is 0 Å².